The van der Waals surface area contributed by atoms with Crippen LogP contribution in [-0.2, 0) is 14.3 Å². The average molecular weight is 300 g/mol. The lowest BCUT2D eigenvalue weighted by molar-refractivity contribution is -0.145. The van der Waals surface area contributed by atoms with Gasteiger partial charge >= 0.3 is 12.1 Å². The lowest BCUT2D eigenvalue weighted by atomic mass is 9.99. The molecule has 1 aliphatic carbocycles. The molecule has 0 saturated heterocycles. The van der Waals surface area contributed by atoms with E-state index in [1.54, 1.807) is 27.8 Å². The van der Waals surface area contributed by atoms with E-state index in [4.69, 9.17) is 9.47 Å². The molecule has 0 radical (unpaired) electrons. The number of carbonyl (C=O) groups excluding carboxylic acids is 2. The van der Waals surface area contributed by atoms with Crippen LogP contribution in [0.2, 0.25) is 0 Å². The Bertz CT molecular complexity index is 359. The number of amides is 1. The van der Waals surface area contributed by atoms with E-state index in [0.717, 1.165) is 12.8 Å². The number of rotatable bonds is 5. The first-order chi connectivity index (χ1) is 9.73. The number of hydrogen-bond donors (Lipinski definition) is 1. The van der Waals surface area contributed by atoms with Crippen LogP contribution >= 0.6 is 0 Å². The normalized spacial score (nSPS) is 17.4. The fourth-order valence-corrected chi connectivity index (χ4v) is 2.54. The maximum Gasteiger partial charge on any atom is 0.424 e. The van der Waals surface area contributed by atoms with Crippen molar-refractivity contribution in [3.63, 3.8) is 0 Å². The fourth-order valence-electron chi connectivity index (χ4n) is 2.54. The van der Waals surface area contributed by atoms with Gasteiger partial charge in [-0.25, -0.2) is 15.2 Å². The van der Waals surface area contributed by atoms with Gasteiger partial charge in [-0.1, -0.05) is 25.7 Å². The summed E-state index contributed by atoms with van der Waals surface area (Å²) in [6.45, 7) is 5.40. The maximum atomic E-state index is 11.9. The summed E-state index contributed by atoms with van der Waals surface area (Å²) in [5.41, 5.74) is 2.33. The highest BCUT2D eigenvalue weighted by Crippen LogP contribution is 2.28. The molecule has 6 nitrogen and oxygen atoms in total. The largest absolute Gasteiger partial charge is 0.468 e. The highest BCUT2D eigenvalue weighted by atomic mass is 16.6. The molecule has 1 aliphatic rings. The molecule has 0 aliphatic heterocycles. The molecule has 6 heteroatoms. The highest BCUT2D eigenvalue weighted by molar-refractivity contribution is 5.76. The summed E-state index contributed by atoms with van der Waals surface area (Å²) in [7, 11) is 2.91. The summed E-state index contributed by atoms with van der Waals surface area (Å²) >= 11 is 0. The van der Waals surface area contributed by atoms with Gasteiger partial charge in [-0.15, -0.1) is 0 Å². The van der Waals surface area contributed by atoms with Gasteiger partial charge in [0.1, 0.15) is 11.6 Å². The fraction of sp³-hybridized carbons (Fsp3) is 0.867. The molecule has 1 atom stereocenters. The van der Waals surface area contributed by atoms with E-state index >= 15 is 0 Å². The topological polar surface area (TPSA) is 67.9 Å². The Kier molecular flexibility index (Phi) is 6.45. The molecule has 1 amide bonds. The minimum Gasteiger partial charge on any atom is -0.468 e. The number of nitrogens with zero attached hydrogens (tertiary/aromatic N) is 1. The number of carbonyl (C=O) groups is 2. The summed E-state index contributed by atoms with van der Waals surface area (Å²) in [6.07, 6.45) is 4.85. The lowest BCUT2D eigenvalue weighted by Gasteiger charge is -2.28. The summed E-state index contributed by atoms with van der Waals surface area (Å²) in [6, 6.07) is -0.518. The predicted octanol–water partition coefficient (Wildman–Crippen LogP) is 2.48. The van der Waals surface area contributed by atoms with Crippen LogP contribution in [0.4, 0.5) is 4.79 Å². The molecule has 1 fully saturated rings. The summed E-state index contributed by atoms with van der Waals surface area (Å²) in [5, 5.41) is 1.22. The molecular weight excluding hydrogens is 272 g/mol. The average Bonchev–Trinajstić information content (AvgIpc) is 2.87. The quantitative estimate of drug-likeness (QED) is 0.624. The number of hydrogen-bond acceptors (Lipinski definition) is 5. The third-order valence-electron chi connectivity index (χ3n) is 3.55. The summed E-state index contributed by atoms with van der Waals surface area (Å²) in [5.74, 6) is 0.158. The summed E-state index contributed by atoms with van der Waals surface area (Å²) in [4.78, 5) is 23.8. The van der Waals surface area contributed by atoms with Gasteiger partial charge in [0, 0.05) is 7.05 Å². The number of ether oxygens (including phenoxy) is 2. The predicted molar refractivity (Wildman–Crippen MR) is 79.5 cm³/mol. The number of hydrazine groups is 1. The van der Waals surface area contributed by atoms with Crippen molar-refractivity contribution in [2.75, 3.05) is 14.2 Å². The first-order valence-electron chi connectivity index (χ1n) is 7.53. The number of methoxy groups -OCH3 is 1. The van der Waals surface area contributed by atoms with Crippen LogP contribution in [0.1, 0.15) is 52.9 Å². The van der Waals surface area contributed by atoms with Gasteiger partial charge in [0.2, 0.25) is 0 Å². The van der Waals surface area contributed by atoms with Gasteiger partial charge in [-0.3, -0.25) is 4.79 Å². The van der Waals surface area contributed by atoms with E-state index in [9.17, 15) is 9.59 Å². The monoisotopic (exact) mass is 300 g/mol. The minimum atomic E-state index is -0.570. The molecule has 0 heterocycles. The van der Waals surface area contributed by atoms with Crippen molar-refractivity contribution in [3.8, 4) is 0 Å². The molecule has 1 N–H and O–H groups in total. The van der Waals surface area contributed by atoms with Crippen LogP contribution in [0, 0.1) is 5.92 Å². The van der Waals surface area contributed by atoms with E-state index < -0.39 is 17.7 Å². The molecule has 1 saturated carbocycles. The molecule has 21 heavy (non-hydrogen) atoms. The zero-order valence-electron chi connectivity index (χ0n) is 13.8. The van der Waals surface area contributed by atoms with Crippen molar-refractivity contribution < 1.29 is 19.1 Å². The van der Waals surface area contributed by atoms with Crippen LogP contribution in [0.3, 0.4) is 0 Å². The van der Waals surface area contributed by atoms with Crippen molar-refractivity contribution in [3.05, 3.63) is 0 Å². The zero-order valence-corrected chi connectivity index (χ0v) is 13.8. The lowest BCUT2D eigenvalue weighted by Crippen LogP contribution is -2.51. The van der Waals surface area contributed by atoms with Crippen LogP contribution in [0.5, 0.6) is 0 Å². The van der Waals surface area contributed by atoms with E-state index in [-0.39, 0.29) is 5.97 Å². The van der Waals surface area contributed by atoms with Crippen LogP contribution in [-0.4, -0.2) is 42.9 Å². The van der Waals surface area contributed by atoms with E-state index in [1.165, 1.54) is 25.0 Å². The first-order valence-corrected chi connectivity index (χ1v) is 7.53. The van der Waals surface area contributed by atoms with Gasteiger partial charge in [-0.2, -0.15) is 0 Å². The Morgan fingerprint density at radius 3 is 2.33 bits per heavy atom. The maximum absolute atomic E-state index is 11.9. The van der Waals surface area contributed by atoms with Crippen molar-refractivity contribution in [1.29, 1.82) is 0 Å². The molecular formula is C15H28N2O4. The van der Waals surface area contributed by atoms with Gasteiger partial charge in [0.25, 0.3) is 0 Å². The molecule has 0 aromatic heterocycles. The Morgan fingerprint density at radius 1 is 1.29 bits per heavy atom. The van der Waals surface area contributed by atoms with Crippen molar-refractivity contribution in [1.82, 2.24) is 10.4 Å². The Labute approximate surface area is 127 Å². The summed E-state index contributed by atoms with van der Waals surface area (Å²) < 4.78 is 10.1. The SMILES string of the molecule is COC(=O)C(CC1CCCC1)NN(C)C(=O)OC(C)(C)C. The Balaban J connectivity index is 2.58. The highest BCUT2D eigenvalue weighted by Gasteiger charge is 2.29. The van der Waals surface area contributed by atoms with E-state index in [0.29, 0.717) is 12.3 Å². The minimum absolute atomic E-state index is 0.350. The molecule has 1 unspecified atom stereocenters. The third-order valence-corrected chi connectivity index (χ3v) is 3.55. The number of esters is 1. The van der Waals surface area contributed by atoms with E-state index in [1.807, 2.05) is 0 Å². The molecule has 0 aromatic rings. The standard InChI is InChI=1S/C15H28N2O4/c1-15(2,3)21-14(19)17(4)16-12(13(18)20-5)10-11-8-6-7-9-11/h11-12,16H,6-10H2,1-5H3. The molecule has 0 aromatic carbocycles. The van der Waals surface area contributed by atoms with Crippen LogP contribution in [0.15, 0.2) is 0 Å². The number of nitrogens with one attached hydrogen (secondary N) is 1. The van der Waals surface area contributed by atoms with E-state index in [2.05, 4.69) is 5.43 Å². The van der Waals surface area contributed by atoms with Gasteiger partial charge in [-0.05, 0) is 33.1 Å². The van der Waals surface area contributed by atoms with Crippen molar-refractivity contribution >= 4 is 12.1 Å². The second kappa shape index (κ2) is 7.64. The Morgan fingerprint density at radius 2 is 1.86 bits per heavy atom. The second-order valence-corrected chi connectivity index (χ2v) is 6.63. The van der Waals surface area contributed by atoms with Crippen molar-refractivity contribution in [2.45, 2.75) is 64.5 Å². The Hall–Kier alpha value is -1.30. The van der Waals surface area contributed by atoms with Crippen molar-refractivity contribution in [2.24, 2.45) is 5.92 Å². The first kappa shape index (κ1) is 17.8. The molecule has 122 valence electrons. The zero-order chi connectivity index (χ0) is 16.0. The second-order valence-electron chi connectivity index (χ2n) is 6.63. The molecule has 1 rings (SSSR count). The smallest absolute Gasteiger partial charge is 0.424 e. The molecule has 0 bridgehead atoms. The van der Waals surface area contributed by atoms with Gasteiger partial charge in [0.05, 0.1) is 7.11 Å². The third kappa shape index (κ3) is 6.33. The van der Waals surface area contributed by atoms with Gasteiger partial charge < -0.3 is 9.47 Å². The van der Waals surface area contributed by atoms with Crippen LogP contribution in [0.25, 0.3) is 0 Å². The molecule has 0 spiro atoms. The van der Waals surface area contributed by atoms with Crippen LogP contribution < -0.4 is 5.43 Å². The van der Waals surface area contributed by atoms with Gasteiger partial charge in [0.15, 0.2) is 0 Å².